The molecule has 4 rings (SSSR count). The van der Waals surface area contributed by atoms with Crippen LogP contribution in [0, 0.1) is 12.8 Å². The Labute approximate surface area is 189 Å². The molecule has 0 spiro atoms. The van der Waals surface area contributed by atoms with Crippen LogP contribution in [0.4, 0.5) is 0 Å². The Kier molecular flexibility index (Phi) is 8.21. The minimum Gasteiger partial charge on any atom is -0.350 e. The average molecular weight is 443 g/mol. The van der Waals surface area contributed by atoms with E-state index in [1.54, 1.807) is 16.2 Å². The molecule has 2 amide bonds. The zero-order valence-corrected chi connectivity index (χ0v) is 19.8. The van der Waals surface area contributed by atoms with Gasteiger partial charge in [-0.1, -0.05) is 38.1 Å². The fraction of sp³-hybridized carbons (Fsp3) is 0.542. The van der Waals surface area contributed by atoms with Crippen LogP contribution in [0.5, 0.6) is 0 Å². The molecule has 1 aromatic heterocycles. The van der Waals surface area contributed by atoms with Crippen molar-refractivity contribution in [3.8, 4) is 10.4 Å². The van der Waals surface area contributed by atoms with Crippen LogP contribution in [-0.2, 0) is 16.1 Å². The highest BCUT2D eigenvalue weighted by molar-refractivity contribution is 7.13. The van der Waals surface area contributed by atoms with E-state index >= 15 is 0 Å². The monoisotopic (exact) mass is 442 g/mol. The van der Waals surface area contributed by atoms with Gasteiger partial charge in [0.25, 0.3) is 0 Å². The number of likely N-dealkylation sites (N-methyl/N-ethyl adjacent to an activating group) is 1. The molecule has 6 nitrogen and oxygen atoms in total. The number of carbonyl (C=O) groups excluding carboxylic acids is 2. The van der Waals surface area contributed by atoms with Crippen LogP contribution in [0.3, 0.4) is 0 Å². The number of carbonyl (C=O) groups is 2. The van der Waals surface area contributed by atoms with Crippen molar-refractivity contribution in [1.82, 2.24) is 20.5 Å². The van der Waals surface area contributed by atoms with Crippen LogP contribution in [-0.4, -0.2) is 47.4 Å². The summed E-state index contributed by atoms with van der Waals surface area (Å²) < 4.78 is 0. The molecule has 1 aliphatic heterocycles. The van der Waals surface area contributed by atoms with E-state index in [0.29, 0.717) is 19.0 Å². The summed E-state index contributed by atoms with van der Waals surface area (Å²) in [4.78, 5) is 33.0. The van der Waals surface area contributed by atoms with E-state index in [2.05, 4.69) is 27.8 Å². The molecule has 168 valence electrons. The van der Waals surface area contributed by atoms with Gasteiger partial charge in [0, 0.05) is 13.1 Å². The molecular weight excluding hydrogens is 408 g/mol. The first kappa shape index (κ1) is 23.4. The van der Waals surface area contributed by atoms with Crippen molar-refractivity contribution < 1.29 is 9.59 Å². The minimum absolute atomic E-state index is 0.0520. The number of nitrogens with one attached hydrogen (secondary N) is 2. The van der Waals surface area contributed by atoms with Gasteiger partial charge < -0.3 is 15.5 Å². The number of benzene rings is 1. The lowest BCUT2D eigenvalue weighted by atomic mass is 10.1. The molecule has 0 bridgehead atoms. The Bertz CT molecular complexity index is 876. The van der Waals surface area contributed by atoms with Gasteiger partial charge in [-0.05, 0) is 56.7 Å². The molecule has 2 aromatic rings. The number of hydrogen-bond donors (Lipinski definition) is 2. The van der Waals surface area contributed by atoms with Crippen LogP contribution in [0.25, 0.3) is 10.4 Å². The van der Waals surface area contributed by atoms with Crippen molar-refractivity contribution in [3.05, 3.63) is 41.0 Å². The fourth-order valence-electron chi connectivity index (χ4n) is 4.13. The van der Waals surface area contributed by atoms with Crippen LogP contribution in [0.15, 0.2) is 29.8 Å². The van der Waals surface area contributed by atoms with Gasteiger partial charge in [-0.25, -0.2) is 4.98 Å². The highest BCUT2D eigenvalue weighted by Crippen LogP contribution is 2.34. The molecule has 2 aliphatic rings. The second-order valence-electron chi connectivity index (χ2n) is 7.98. The molecule has 1 saturated heterocycles. The molecule has 1 saturated carbocycles. The van der Waals surface area contributed by atoms with Crippen LogP contribution < -0.4 is 10.6 Å². The number of rotatable bonds is 7. The topological polar surface area (TPSA) is 74.3 Å². The first-order valence-corrected chi connectivity index (χ1v) is 12.2. The maximum atomic E-state index is 12.9. The van der Waals surface area contributed by atoms with Gasteiger partial charge in [0.15, 0.2) is 0 Å². The number of hydrogen-bond acceptors (Lipinski definition) is 5. The molecule has 1 aromatic carbocycles. The molecule has 0 radical (unpaired) electrons. The third kappa shape index (κ3) is 5.52. The molecular formula is C24H34N4O2S. The van der Waals surface area contributed by atoms with Gasteiger partial charge in [0.2, 0.25) is 11.8 Å². The second-order valence-corrected chi connectivity index (χ2v) is 8.83. The summed E-state index contributed by atoms with van der Waals surface area (Å²) in [7, 11) is 1.84. The number of likely N-dealkylation sites (tertiary alicyclic amines) is 1. The van der Waals surface area contributed by atoms with Crippen molar-refractivity contribution in [2.45, 2.75) is 65.1 Å². The summed E-state index contributed by atoms with van der Waals surface area (Å²) >= 11 is 1.63. The summed E-state index contributed by atoms with van der Waals surface area (Å²) in [6, 6.07) is 7.72. The Morgan fingerprint density at radius 3 is 2.48 bits per heavy atom. The number of thiazole rings is 1. The summed E-state index contributed by atoms with van der Waals surface area (Å²) in [5, 5.41) is 6.18. The highest BCUT2D eigenvalue weighted by Gasteiger charge is 2.42. The predicted molar refractivity (Wildman–Crippen MR) is 126 cm³/mol. The standard InChI is InChI=1S/C22H28N4O2S.C2H6/c1-14-20(29-13-25-14)17-7-5-15(6-8-17)12-24-21(27)18-4-3-11-26(18)22(28)19(23-2)16-9-10-16;1-2/h5-8,13,16,18-19,23H,3-4,9-12H2,1-2H3,(H,24,27);1-2H3. The Balaban J connectivity index is 0.00000132. The van der Waals surface area contributed by atoms with Crippen molar-refractivity contribution in [1.29, 1.82) is 0 Å². The largest absolute Gasteiger partial charge is 0.350 e. The summed E-state index contributed by atoms with van der Waals surface area (Å²) in [5.41, 5.74) is 5.08. The van der Waals surface area contributed by atoms with Gasteiger partial charge in [-0.2, -0.15) is 0 Å². The van der Waals surface area contributed by atoms with E-state index in [4.69, 9.17) is 0 Å². The zero-order valence-electron chi connectivity index (χ0n) is 19.0. The minimum atomic E-state index is -0.351. The molecule has 2 N–H and O–H groups in total. The van der Waals surface area contributed by atoms with Gasteiger partial charge in [0.05, 0.1) is 22.1 Å². The van der Waals surface area contributed by atoms with Gasteiger partial charge in [-0.3, -0.25) is 9.59 Å². The van der Waals surface area contributed by atoms with Crippen LogP contribution in [0.2, 0.25) is 0 Å². The second kappa shape index (κ2) is 10.9. The lowest BCUT2D eigenvalue weighted by Gasteiger charge is -2.28. The number of aromatic nitrogens is 1. The van der Waals surface area contributed by atoms with E-state index in [9.17, 15) is 9.59 Å². The van der Waals surface area contributed by atoms with Crippen LogP contribution in [0.1, 0.15) is 50.8 Å². The molecule has 2 heterocycles. The fourth-order valence-corrected chi connectivity index (χ4v) is 4.94. The molecule has 2 fully saturated rings. The predicted octanol–water partition coefficient (Wildman–Crippen LogP) is 3.75. The smallest absolute Gasteiger partial charge is 0.243 e. The normalized spacial score (nSPS) is 18.8. The summed E-state index contributed by atoms with van der Waals surface area (Å²) in [6.45, 7) is 7.15. The van der Waals surface area contributed by atoms with Gasteiger partial charge >= 0.3 is 0 Å². The molecule has 31 heavy (non-hydrogen) atoms. The maximum absolute atomic E-state index is 12.9. The van der Waals surface area contributed by atoms with Crippen LogP contribution >= 0.6 is 11.3 Å². The van der Waals surface area contributed by atoms with E-state index in [-0.39, 0.29) is 23.9 Å². The quantitative estimate of drug-likeness (QED) is 0.685. The highest BCUT2D eigenvalue weighted by atomic mass is 32.1. The van der Waals surface area contributed by atoms with Gasteiger partial charge in [0.1, 0.15) is 6.04 Å². The van der Waals surface area contributed by atoms with Crippen molar-refractivity contribution in [2.75, 3.05) is 13.6 Å². The number of amides is 2. The van der Waals surface area contributed by atoms with Crippen molar-refractivity contribution >= 4 is 23.2 Å². The Morgan fingerprint density at radius 1 is 1.19 bits per heavy atom. The SMILES string of the molecule is CC.CNC(C(=O)N1CCCC1C(=O)NCc1ccc(-c2scnc2C)cc1)C1CC1. The number of nitrogens with zero attached hydrogens (tertiary/aromatic N) is 2. The first-order chi connectivity index (χ1) is 15.1. The van der Waals surface area contributed by atoms with E-state index in [1.165, 1.54) is 4.88 Å². The summed E-state index contributed by atoms with van der Waals surface area (Å²) in [6.07, 6.45) is 3.81. The average Bonchev–Trinajstić information content (AvgIpc) is 3.34. The van der Waals surface area contributed by atoms with Crippen molar-refractivity contribution in [2.24, 2.45) is 5.92 Å². The lowest BCUT2D eigenvalue weighted by molar-refractivity contribution is -0.140. The Morgan fingerprint density at radius 2 is 1.90 bits per heavy atom. The zero-order chi connectivity index (χ0) is 22.4. The molecule has 7 heteroatoms. The maximum Gasteiger partial charge on any atom is 0.243 e. The lowest BCUT2D eigenvalue weighted by Crippen LogP contribution is -2.52. The van der Waals surface area contributed by atoms with Crippen molar-refractivity contribution in [3.63, 3.8) is 0 Å². The van der Waals surface area contributed by atoms with E-state index < -0.39 is 0 Å². The van der Waals surface area contributed by atoms with Gasteiger partial charge in [-0.15, -0.1) is 11.3 Å². The Hall–Kier alpha value is -2.25. The van der Waals surface area contributed by atoms with E-state index in [1.807, 2.05) is 45.5 Å². The molecule has 2 unspecified atom stereocenters. The number of aryl methyl sites for hydroxylation is 1. The van der Waals surface area contributed by atoms with E-state index in [0.717, 1.165) is 42.5 Å². The molecule has 1 aliphatic carbocycles. The third-order valence-corrected chi connectivity index (χ3v) is 6.92. The molecule has 2 atom stereocenters. The summed E-state index contributed by atoms with van der Waals surface area (Å²) in [5.74, 6) is 0.457. The third-order valence-electron chi connectivity index (χ3n) is 5.94. The first-order valence-electron chi connectivity index (χ1n) is 11.3.